The van der Waals surface area contributed by atoms with Gasteiger partial charge in [-0.05, 0) is 11.1 Å². The molecule has 0 aliphatic carbocycles. The minimum absolute atomic E-state index is 0.0480. The number of carbonyl (C=O) groups excluding carboxylic acids is 2. The highest BCUT2D eigenvalue weighted by Gasteiger charge is 2.09. The van der Waals surface area contributed by atoms with E-state index in [1.807, 2.05) is 60.7 Å². The monoisotopic (exact) mass is 328 g/mol. The van der Waals surface area contributed by atoms with Gasteiger partial charge in [0, 0.05) is 0 Å². The van der Waals surface area contributed by atoms with Crippen LogP contribution in [0.5, 0.6) is 0 Å². The first-order valence-corrected chi connectivity index (χ1v) is 7.67. The van der Waals surface area contributed by atoms with Gasteiger partial charge < -0.3 is 9.68 Å². The molecule has 0 fully saturated rings. The van der Waals surface area contributed by atoms with Crippen molar-refractivity contribution in [2.45, 2.75) is 25.9 Å². The van der Waals surface area contributed by atoms with Crippen LogP contribution < -0.4 is 11.0 Å². The lowest BCUT2D eigenvalue weighted by molar-refractivity contribution is -0.158. The highest BCUT2D eigenvalue weighted by atomic mass is 16.7. The number of benzene rings is 2. The zero-order valence-corrected chi connectivity index (χ0v) is 13.2. The molecule has 6 heteroatoms. The van der Waals surface area contributed by atoms with Gasteiger partial charge in [0.05, 0.1) is 25.9 Å². The van der Waals surface area contributed by atoms with Crippen LogP contribution in [0.1, 0.15) is 24.0 Å². The van der Waals surface area contributed by atoms with Gasteiger partial charge in [0.25, 0.3) is 0 Å². The Labute approximate surface area is 140 Å². The summed E-state index contributed by atoms with van der Waals surface area (Å²) in [5.74, 6) is -1.02. The third-order valence-electron chi connectivity index (χ3n) is 3.14. The van der Waals surface area contributed by atoms with Gasteiger partial charge >= 0.3 is 11.9 Å². The average molecular weight is 328 g/mol. The van der Waals surface area contributed by atoms with Gasteiger partial charge in [0.1, 0.15) is 0 Å². The minimum Gasteiger partial charge on any atom is -0.370 e. The summed E-state index contributed by atoms with van der Waals surface area (Å²) in [6, 6.07) is 19.1. The highest BCUT2D eigenvalue weighted by Crippen LogP contribution is 2.00. The van der Waals surface area contributed by atoms with Crippen LogP contribution in [0.25, 0.3) is 0 Å². The maximum atomic E-state index is 11.5. The smallest absolute Gasteiger partial charge is 0.325 e. The maximum Gasteiger partial charge on any atom is 0.325 e. The van der Waals surface area contributed by atoms with Crippen molar-refractivity contribution in [2.75, 3.05) is 0 Å². The zero-order valence-electron chi connectivity index (χ0n) is 13.2. The normalized spacial score (nSPS) is 10.2. The van der Waals surface area contributed by atoms with Crippen molar-refractivity contribution < 1.29 is 19.3 Å². The number of hydrogen-bond acceptors (Lipinski definition) is 6. The second-order valence-electron chi connectivity index (χ2n) is 5.06. The maximum absolute atomic E-state index is 11.5. The lowest BCUT2D eigenvalue weighted by atomic mass is 10.2. The number of rotatable bonds is 9. The van der Waals surface area contributed by atoms with Gasteiger partial charge in [-0.3, -0.25) is 9.59 Å². The summed E-state index contributed by atoms with van der Waals surface area (Å²) >= 11 is 0. The molecule has 0 heterocycles. The van der Waals surface area contributed by atoms with Crippen molar-refractivity contribution in [1.29, 1.82) is 0 Å². The van der Waals surface area contributed by atoms with E-state index in [9.17, 15) is 9.59 Å². The minimum atomic E-state index is -0.508. The fourth-order valence-electron chi connectivity index (χ4n) is 1.90. The molecule has 0 saturated carbocycles. The van der Waals surface area contributed by atoms with Crippen molar-refractivity contribution in [2.24, 2.45) is 0 Å². The van der Waals surface area contributed by atoms with E-state index in [0.717, 1.165) is 11.1 Å². The molecule has 0 bridgehead atoms. The number of nitrogens with one attached hydrogen (secondary N) is 2. The van der Waals surface area contributed by atoms with Crippen LogP contribution in [-0.2, 0) is 32.4 Å². The lowest BCUT2D eigenvalue weighted by Crippen LogP contribution is -2.22. The van der Waals surface area contributed by atoms with E-state index in [1.165, 1.54) is 0 Å². The van der Waals surface area contributed by atoms with Gasteiger partial charge in [0.2, 0.25) is 0 Å². The van der Waals surface area contributed by atoms with E-state index in [1.54, 1.807) is 0 Å². The lowest BCUT2D eigenvalue weighted by Gasteiger charge is -2.07. The summed E-state index contributed by atoms with van der Waals surface area (Å²) < 4.78 is 0. The Morgan fingerprint density at radius 1 is 0.667 bits per heavy atom. The van der Waals surface area contributed by atoms with E-state index in [-0.39, 0.29) is 12.8 Å². The summed E-state index contributed by atoms with van der Waals surface area (Å²) in [7, 11) is 0. The van der Waals surface area contributed by atoms with Crippen LogP contribution in [0, 0.1) is 0 Å². The summed E-state index contributed by atoms with van der Waals surface area (Å²) in [5.41, 5.74) is 7.14. The molecule has 0 amide bonds. The molecule has 0 radical (unpaired) electrons. The standard InChI is InChI=1S/C18H20N2O4/c21-17(23-19-13-15-7-3-1-4-8-15)11-12-18(22)24-20-14-16-9-5-2-6-10-16/h1-10,19-20H,11-14H2. The third-order valence-corrected chi connectivity index (χ3v) is 3.14. The Balaban J connectivity index is 1.53. The molecule has 2 rings (SSSR count). The molecule has 6 nitrogen and oxygen atoms in total. The van der Waals surface area contributed by atoms with Crippen molar-refractivity contribution in [3.05, 3.63) is 71.8 Å². The van der Waals surface area contributed by atoms with E-state index in [0.29, 0.717) is 13.1 Å². The third kappa shape index (κ3) is 7.04. The number of carbonyl (C=O) groups is 2. The van der Waals surface area contributed by atoms with Crippen LogP contribution in [-0.4, -0.2) is 11.9 Å². The Hall–Kier alpha value is -2.70. The first-order valence-electron chi connectivity index (χ1n) is 7.67. The first-order chi connectivity index (χ1) is 11.7. The van der Waals surface area contributed by atoms with E-state index < -0.39 is 11.9 Å². The van der Waals surface area contributed by atoms with Gasteiger partial charge in [-0.25, -0.2) is 0 Å². The molecule has 2 aromatic carbocycles. The summed E-state index contributed by atoms with van der Waals surface area (Å²) in [6.45, 7) is 0.825. The molecule has 24 heavy (non-hydrogen) atoms. The molecule has 2 N–H and O–H groups in total. The van der Waals surface area contributed by atoms with Crippen LogP contribution in [0.3, 0.4) is 0 Å². The average Bonchev–Trinajstić information content (AvgIpc) is 2.62. The van der Waals surface area contributed by atoms with Crippen molar-refractivity contribution in [3.8, 4) is 0 Å². The molecule has 0 spiro atoms. The Morgan fingerprint density at radius 3 is 1.42 bits per heavy atom. The number of hydrogen-bond donors (Lipinski definition) is 2. The van der Waals surface area contributed by atoms with Crippen molar-refractivity contribution in [3.63, 3.8) is 0 Å². The van der Waals surface area contributed by atoms with E-state index in [2.05, 4.69) is 11.0 Å². The second-order valence-corrected chi connectivity index (χ2v) is 5.06. The summed E-state index contributed by atoms with van der Waals surface area (Å²) in [5, 5.41) is 0. The van der Waals surface area contributed by atoms with E-state index in [4.69, 9.17) is 9.68 Å². The molecule has 126 valence electrons. The molecule has 0 atom stereocenters. The predicted molar refractivity (Wildman–Crippen MR) is 88.0 cm³/mol. The molecule has 0 aliphatic heterocycles. The van der Waals surface area contributed by atoms with Crippen molar-refractivity contribution >= 4 is 11.9 Å². The topological polar surface area (TPSA) is 76.7 Å². The zero-order chi connectivity index (χ0) is 17.0. The van der Waals surface area contributed by atoms with Crippen LogP contribution in [0.4, 0.5) is 0 Å². The summed E-state index contributed by atoms with van der Waals surface area (Å²) in [6.07, 6.45) is -0.0960. The van der Waals surface area contributed by atoms with Gasteiger partial charge in [-0.2, -0.15) is 0 Å². The fraction of sp³-hybridized carbons (Fsp3) is 0.222. The second kappa shape index (κ2) is 10.1. The Bertz CT molecular complexity index is 574. The highest BCUT2D eigenvalue weighted by molar-refractivity contribution is 5.77. The SMILES string of the molecule is O=C(CCC(=O)ONCc1ccccc1)ONCc1ccccc1. The van der Waals surface area contributed by atoms with Crippen LogP contribution >= 0.6 is 0 Å². The molecule has 0 aromatic heterocycles. The van der Waals surface area contributed by atoms with Crippen LogP contribution in [0.2, 0.25) is 0 Å². The molecular weight excluding hydrogens is 308 g/mol. The molecular formula is C18H20N2O4. The molecule has 0 saturated heterocycles. The Morgan fingerprint density at radius 2 is 1.04 bits per heavy atom. The summed E-state index contributed by atoms with van der Waals surface area (Å²) in [4.78, 5) is 32.7. The first kappa shape index (κ1) is 17.7. The molecule has 0 aliphatic rings. The Kier molecular flexibility index (Phi) is 7.46. The predicted octanol–water partition coefficient (Wildman–Crippen LogP) is 2.26. The van der Waals surface area contributed by atoms with Crippen LogP contribution in [0.15, 0.2) is 60.7 Å². The van der Waals surface area contributed by atoms with Gasteiger partial charge in [0.15, 0.2) is 0 Å². The number of hydroxylamine groups is 2. The van der Waals surface area contributed by atoms with E-state index >= 15 is 0 Å². The van der Waals surface area contributed by atoms with Gasteiger partial charge in [-0.15, -0.1) is 11.0 Å². The molecule has 2 aromatic rings. The van der Waals surface area contributed by atoms with Gasteiger partial charge in [-0.1, -0.05) is 60.7 Å². The molecule has 0 unspecified atom stereocenters. The van der Waals surface area contributed by atoms with Crippen molar-refractivity contribution in [1.82, 2.24) is 11.0 Å². The largest absolute Gasteiger partial charge is 0.370 e. The quantitative estimate of drug-likeness (QED) is 0.688. The fourth-order valence-corrected chi connectivity index (χ4v) is 1.90.